The minimum Gasteiger partial charge on any atom is -0.386 e. The molecular formula is C16H17N11. The van der Waals surface area contributed by atoms with E-state index in [-0.39, 0.29) is 11.4 Å². The highest BCUT2D eigenvalue weighted by Gasteiger charge is 2.15. The Labute approximate surface area is 155 Å². The molecule has 11 nitrogen and oxygen atoms in total. The molecule has 0 atom stereocenters. The zero-order chi connectivity index (χ0) is 19.2. The van der Waals surface area contributed by atoms with Gasteiger partial charge >= 0.3 is 0 Å². The zero-order valence-corrected chi connectivity index (χ0v) is 15.0. The van der Waals surface area contributed by atoms with Gasteiger partial charge in [-0.25, -0.2) is 15.0 Å². The molecular weight excluding hydrogens is 346 g/mol. The van der Waals surface area contributed by atoms with Crippen LogP contribution in [0.1, 0.15) is 5.56 Å². The van der Waals surface area contributed by atoms with E-state index in [4.69, 9.17) is 0 Å². The highest BCUT2D eigenvalue weighted by Crippen LogP contribution is 2.35. The third-order valence-corrected chi connectivity index (χ3v) is 3.61. The molecule has 3 rings (SSSR count). The van der Waals surface area contributed by atoms with Gasteiger partial charge in [0.1, 0.15) is 17.5 Å². The first-order valence-corrected chi connectivity index (χ1v) is 7.97. The van der Waals surface area contributed by atoms with Gasteiger partial charge in [-0.3, -0.25) is 0 Å². The Morgan fingerprint density at radius 2 is 1.85 bits per heavy atom. The molecule has 0 aliphatic carbocycles. The Hall–Kier alpha value is -4.07. The minimum atomic E-state index is 0.227. The van der Waals surface area contributed by atoms with Crippen molar-refractivity contribution in [3.05, 3.63) is 36.3 Å². The minimum absolute atomic E-state index is 0.227. The Bertz CT molecular complexity index is 976. The Balaban J connectivity index is 2.10. The number of nitrogens with one attached hydrogen (secondary N) is 3. The van der Waals surface area contributed by atoms with Gasteiger partial charge in [-0.15, -0.1) is 10.2 Å². The molecule has 0 amide bonds. The fraction of sp³-hybridized carbons (Fsp3) is 0.188. The summed E-state index contributed by atoms with van der Waals surface area (Å²) in [4.78, 5) is 12.7. The summed E-state index contributed by atoms with van der Waals surface area (Å²) in [5, 5.41) is 31.1. The monoisotopic (exact) mass is 363 g/mol. The Kier molecular flexibility index (Phi) is 5.17. The molecule has 3 aromatic heterocycles. The first-order valence-electron chi connectivity index (χ1n) is 7.97. The van der Waals surface area contributed by atoms with Crippen molar-refractivity contribution in [2.24, 2.45) is 10.2 Å². The van der Waals surface area contributed by atoms with Crippen molar-refractivity contribution in [3.8, 4) is 12.0 Å². The van der Waals surface area contributed by atoms with Gasteiger partial charge in [0.25, 0.3) is 5.95 Å². The molecule has 0 aliphatic rings. The van der Waals surface area contributed by atoms with E-state index in [1.165, 1.54) is 10.9 Å². The van der Waals surface area contributed by atoms with Crippen molar-refractivity contribution in [1.29, 1.82) is 5.26 Å². The van der Waals surface area contributed by atoms with Crippen LogP contribution in [-0.4, -0.2) is 45.9 Å². The summed E-state index contributed by atoms with van der Waals surface area (Å²) in [7, 11) is 5.29. The lowest BCUT2D eigenvalue weighted by molar-refractivity contribution is 0.803. The lowest BCUT2D eigenvalue weighted by Crippen LogP contribution is -2.02. The summed E-state index contributed by atoms with van der Waals surface area (Å²) in [5.41, 5.74) is 1.45. The molecule has 3 N–H and O–H groups in total. The van der Waals surface area contributed by atoms with Crippen LogP contribution in [0.15, 0.2) is 41.0 Å². The van der Waals surface area contributed by atoms with Gasteiger partial charge in [-0.05, 0) is 6.07 Å². The second-order valence-electron chi connectivity index (χ2n) is 5.16. The number of hydrogen-bond acceptors (Lipinski definition) is 10. The van der Waals surface area contributed by atoms with Crippen LogP contribution in [0.2, 0.25) is 0 Å². The first-order chi connectivity index (χ1) is 13.2. The molecule has 0 aromatic carbocycles. The Morgan fingerprint density at radius 3 is 2.48 bits per heavy atom. The molecule has 11 heteroatoms. The molecule has 0 radical (unpaired) electrons. The van der Waals surface area contributed by atoms with Crippen LogP contribution in [-0.2, 0) is 0 Å². The van der Waals surface area contributed by atoms with Crippen molar-refractivity contribution in [2.45, 2.75) is 0 Å². The maximum atomic E-state index is 9.35. The number of hydrogen-bond donors (Lipinski definition) is 3. The number of azo groups is 1. The fourth-order valence-corrected chi connectivity index (χ4v) is 2.29. The lowest BCUT2D eigenvalue weighted by atomic mass is 10.3. The van der Waals surface area contributed by atoms with Crippen molar-refractivity contribution >= 4 is 28.8 Å². The van der Waals surface area contributed by atoms with Crippen LogP contribution in [0.3, 0.4) is 0 Å². The third kappa shape index (κ3) is 3.49. The standard InChI is InChI=1S/C16H17N11/c1-18-11-7-12(19-2)24-14(20-3)13(11)25-26-15-10(8-17)9-23-27(15)16-21-5-4-6-22-16/h4-7,9H,1-3H3,(H3,18,19,20,24)/b26-25+. The molecule has 0 unspecified atom stereocenters. The van der Waals surface area contributed by atoms with E-state index in [1.807, 2.05) is 6.07 Å². The highest BCUT2D eigenvalue weighted by atomic mass is 15.4. The molecule has 3 aromatic rings. The molecule has 27 heavy (non-hydrogen) atoms. The van der Waals surface area contributed by atoms with E-state index in [1.54, 1.807) is 45.7 Å². The molecule has 136 valence electrons. The maximum absolute atomic E-state index is 9.35. The van der Waals surface area contributed by atoms with Crippen molar-refractivity contribution in [1.82, 2.24) is 24.7 Å². The third-order valence-electron chi connectivity index (χ3n) is 3.61. The number of pyridine rings is 1. The van der Waals surface area contributed by atoms with Crippen molar-refractivity contribution in [3.63, 3.8) is 0 Å². The quantitative estimate of drug-likeness (QED) is 0.567. The van der Waals surface area contributed by atoms with E-state index < -0.39 is 0 Å². The smallest absolute Gasteiger partial charge is 0.252 e. The van der Waals surface area contributed by atoms with Crippen LogP contribution in [0.25, 0.3) is 5.95 Å². The van der Waals surface area contributed by atoms with Crippen molar-refractivity contribution in [2.75, 3.05) is 37.1 Å². The number of aromatic nitrogens is 5. The summed E-state index contributed by atoms with van der Waals surface area (Å²) >= 11 is 0. The van der Waals surface area contributed by atoms with Gasteiger partial charge in [0.15, 0.2) is 17.3 Å². The van der Waals surface area contributed by atoms with Gasteiger partial charge in [0.05, 0.1) is 11.9 Å². The summed E-state index contributed by atoms with van der Waals surface area (Å²) in [6, 6.07) is 5.54. The molecule has 0 fully saturated rings. The Morgan fingerprint density at radius 1 is 1.07 bits per heavy atom. The largest absolute Gasteiger partial charge is 0.386 e. The highest BCUT2D eigenvalue weighted by molar-refractivity contribution is 5.79. The molecule has 0 saturated heterocycles. The van der Waals surface area contributed by atoms with E-state index in [2.05, 4.69) is 46.2 Å². The normalized spacial score (nSPS) is 10.6. The summed E-state index contributed by atoms with van der Waals surface area (Å²) in [6.45, 7) is 0. The van der Waals surface area contributed by atoms with Crippen molar-refractivity contribution < 1.29 is 0 Å². The van der Waals surface area contributed by atoms with Gasteiger partial charge < -0.3 is 16.0 Å². The molecule has 0 spiro atoms. The first kappa shape index (κ1) is 17.7. The second-order valence-corrected chi connectivity index (χ2v) is 5.16. The average Bonchev–Trinajstić information content (AvgIpc) is 3.15. The molecule has 0 aliphatic heterocycles. The van der Waals surface area contributed by atoms with Gasteiger partial charge in [-0.1, -0.05) is 0 Å². The van der Waals surface area contributed by atoms with E-state index in [9.17, 15) is 5.26 Å². The fourth-order valence-electron chi connectivity index (χ4n) is 2.29. The maximum Gasteiger partial charge on any atom is 0.252 e. The number of nitriles is 1. The van der Waals surface area contributed by atoms with Crippen LogP contribution in [0.4, 0.5) is 28.8 Å². The molecule has 0 bridgehead atoms. The van der Waals surface area contributed by atoms with Crippen LogP contribution >= 0.6 is 0 Å². The van der Waals surface area contributed by atoms with Crippen LogP contribution < -0.4 is 16.0 Å². The van der Waals surface area contributed by atoms with E-state index in [0.717, 1.165) is 0 Å². The predicted molar refractivity (Wildman–Crippen MR) is 101 cm³/mol. The second kappa shape index (κ2) is 7.87. The summed E-state index contributed by atoms with van der Waals surface area (Å²) in [6.07, 6.45) is 4.55. The number of anilines is 3. The van der Waals surface area contributed by atoms with E-state index >= 15 is 0 Å². The topological polar surface area (TPSA) is 141 Å². The summed E-state index contributed by atoms with van der Waals surface area (Å²) < 4.78 is 1.36. The predicted octanol–water partition coefficient (Wildman–Crippen LogP) is 2.47. The molecule has 0 saturated carbocycles. The van der Waals surface area contributed by atoms with E-state index in [0.29, 0.717) is 29.0 Å². The van der Waals surface area contributed by atoms with Gasteiger partial charge in [0.2, 0.25) is 0 Å². The number of rotatable bonds is 6. The lowest BCUT2D eigenvalue weighted by Gasteiger charge is -2.11. The zero-order valence-electron chi connectivity index (χ0n) is 15.0. The van der Waals surface area contributed by atoms with Crippen LogP contribution in [0.5, 0.6) is 0 Å². The summed E-state index contributed by atoms with van der Waals surface area (Å²) in [5.74, 6) is 1.71. The van der Waals surface area contributed by atoms with Gasteiger partial charge in [-0.2, -0.15) is 15.0 Å². The molecule has 3 heterocycles. The SMILES string of the molecule is CNc1cc(NC)c(/N=N/c2c(C#N)cnn2-c2ncccn2)c(NC)n1. The number of nitrogens with zero attached hydrogens (tertiary/aromatic N) is 8. The van der Waals surface area contributed by atoms with Gasteiger partial charge in [0, 0.05) is 39.6 Å². The van der Waals surface area contributed by atoms with Crippen LogP contribution in [0, 0.1) is 11.3 Å². The average molecular weight is 363 g/mol.